The van der Waals surface area contributed by atoms with E-state index >= 15 is 0 Å². The van der Waals surface area contributed by atoms with Crippen molar-refractivity contribution in [3.05, 3.63) is 0 Å². The predicted molar refractivity (Wildman–Crippen MR) is 29.6 cm³/mol. The van der Waals surface area contributed by atoms with Crippen molar-refractivity contribution >= 4 is 10.1 Å². The predicted octanol–water partition coefficient (Wildman–Crippen LogP) is -1.58. The Hall–Kier alpha value is 1.09. The van der Waals surface area contributed by atoms with Gasteiger partial charge in [0.05, 0.1) is 0 Å². The van der Waals surface area contributed by atoms with E-state index in [9.17, 15) is 34.8 Å². The summed E-state index contributed by atoms with van der Waals surface area (Å²) in [7, 11) is -6.31. The van der Waals surface area contributed by atoms with Gasteiger partial charge < -0.3 is 1.43 Å². The third-order valence-corrected chi connectivity index (χ3v) is 1.72. The summed E-state index contributed by atoms with van der Waals surface area (Å²) in [6.07, 6.45) is -10.3. The minimum Gasteiger partial charge on any atom is -1.00 e. The zero-order chi connectivity index (χ0) is 11.8. The fraction of sp³-hybridized carbons (Fsp3) is 1.00. The Morgan fingerprint density at radius 2 is 1.53 bits per heavy atom. The standard InChI is InChI=1S/C3H2F6O4S.K.H/c4-1(13-3(7,8)9)2(5,6)14(10,11)12;;/h1H,(H,10,11,12);;/q;+1;-1. The van der Waals surface area contributed by atoms with Crippen LogP contribution in [0.4, 0.5) is 26.3 Å². The van der Waals surface area contributed by atoms with E-state index in [1.54, 1.807) is 0 Å². The molecule has 0 aliphatic carbocycles. The molecule has 0 aromatic heterocycles. The number of halogens is 6. The second-order valence-electron chi connectivity index (χ2n) is 1.92. The molecular weight excluding hydrogens is 285 g/mol. The molecular formula is C3H3F6KO4S. The van der Waals surface area contributed by atoms with E-state index in [4.69, 9.17) is 4.55 Å². The van der Waals surface area contributed by atoms with Crippen molar-refractivity contribution < 1.29 is 96.9 Å². The molecule has 1 unspecified atom stereocenters. The van der Waals surface area contributed by atoms with Crippen LogP contribution in [0.1, 0.15) is 1.43 Å². The molecule has 0 rings (SSSR count). The summed E-state index contributed by atoms with van der Waals surface area (Å²) < 4.78 is 98.5. The Morgan fingerprint density at radius 1 is 1.20 bits per heavy atom. The summed E-state index contributed by atoms with van der Waals surface area (Å²) >= 11 is 0. The van der Waals surface area contributed by atoms with Gasteiger partial charge in [-0.05, 0) is 0 Å². The largest absolute Gasteiger partial charge is 1.00 e. The van der Waals surface area contributed by atoms with E-state index in [0.717, 1.165) is 0 Å². The number of hydrogen-bond acceptors (Lipinski definition) is 3. The topological polar surface area (TPSA) is 63.6 Å². The smallest absolute Gasteiger partial charge is 1.00 e. The van der Waals surface area contributed by atoms with Gasteiger partial charge in [0, 0.05) is 0 Å². The number of rotatable bonds is 3. The average molecular weight is 288 g/mol. The molecule has 0 amide bonds. The van der Waals surface area contributed by atoms with Crippen LogP contribution in [0.2, 0.25) is 0 Å². The van der Waals surface area contributed by atoms with Crippen molar-refractivity contribution in [1.82, 2.24) is 0 Å². The Bertz CT molecular complexity index is 303. The third-order valence-electron chi connectivity index (χ3n) is 0.845. The third kappa shape index (κ3) is 5.81. The molecule has 0 saturated heterocycles. The quantitative estimate of drug-likeness (QED) is 0.387. The van der Waals surface area contributed by atoms with E-state index in [2.05, 4.69) is 4.74 Å². The van der Waals surface area contributed by atoms with Crippen molar-refractivity contribution in [3.63, 3.8) is 0 Å². The summed E-state index contributed by atoms with van der Waals surface area (Å²) in [4.78, 5) is 0. The number of hydrogen-bond donors (Lipinski definition) is 1. The van der Waals surface area contributed by atoms with Crippen molar-refractivity contribution in [2.45, 2.75) is 18.0 Å². The van der Waals surface area contributed by atoms with Crippen LogP contribution in [-0.2, 0) is 14.9 Å². The summed E-state index contributed by atoms with van der Waals surface area (Å²) in [6, 6.07) is 0. The molecule has 0 aliphatic heterocycles. The minimum atomic E-state index is -6.31. The molecule has 4 nitrogen and oxygen atoms in total. The van der Waals surface area contributed by atoms with Gasteiger partial charge in [0.25, 0.3) is 6.36 Å². The van der Waals surface area contributed by atoms with Crippen LogP contribution in [0.3, 0.4) is 0 Å². The molecule has 0 heterocycles. The molecule has 0 bridgehead atoms. The maximum atomic E-state index is 12.0. The zero-order valence-corrected chi connectivity index (χ0v) is 10.9. The Morgan fingerprint density at radius 3 is 1.73 bits per heavy atom. The molecule has 0 aliphatic rings. The first-order valence-electron chi connectivity index (χ1n) is 2.61. The minimum absolute atomic E-state index is 0. The number of ether oxygens (including phenoxy) is 1. The second-order valence-corrected chi connectivity index (χ2v) is 3.41. The molecule has 0 saturated carbocycles. The maximum absolute atomic E-state index is 12.0. The first kappa shape index (κ1) is 18.5. The monoisotopic (exact) mass is 288 g/mol. The van der Waals surface area contributed by atoms with Gasteiger partial charge in [-0.2, -0.15) is 17.2 Å². The van der Waals surface area contributed by atoms with Gasteiger partial charge in [-0.1, -0.05) is 0 Å². The normalized spacial score (nSPS) is 15.7. The fourth-order valence-electron chi connectivity index (χ4n) is 0.303. The van der Waals surface area contributed by atoms with Crippen molar-refractivity contribution in [2.24, 2.45) is 0 Å². The van der Waals surface area contributed by atoms with Gasteiger partial charge in [-0.3, -0.25) is 4.55 Å². The summed E-state index contributed by atoms with van der Waals surface area (Å²) in [5, 5.41) is -5.68. The van der Waals surface area contributed by atoms with Crippen LogP contribution in [0.15, 0.2) is 0 Å². The molecule has 0 aromatic rings. The first-order chi connectivity index (χ1) is 5.88. The molecule has 0 fully saturated rings. The van der Waals surface area contributed by atoms with E-state index in [-0.39, 0.29) is 52.8 Å². The van der Waals surface area contributed by atoms with Crippen molar-refractivity contribution in [2.75, 3.05) is 0 Å². The van der Waals surface area contributed by atoms with E-state index < -0.39 is 28.1 Å². The van der Waals surface area contributed by atoms with Crippen LogP contribution >= 0.6 is 0 Å². The summed E-state index contributed by atoms with van der Waals surface area (Å²) in [5.41, 5.74) is 0. The molecule has 12 heteroatoms. The molecule has 0 aromatic carbocycles. The van der Waals surface area contributed by atoms with Gasteiger partial charge in [-0.15, -0.1) is 13.2 Å². The molecule has 88 valence electrons. The van der Waals surface area contributed by atoms with Gasteiger partial charge in [0.1, 0.15) is 0 Å². The van der Waals surface area contributed by atoms with Crippen LogP contribution in [-0.4, -0.2) is 30.9 Å². The van der Waals surface area contributed by atoms with E-state index in [1.165, 1.54) is 0 Å². The average Bonchev–Trinajstić information content (AvgIpc) is 1.80. The molecule has 15 heavy (non-hydrogen) atoms. The van der Waals surface area contributed by atoms with Crippen molar-refractivity contribution in [3.8, 4) is 0 Å². The molecule has 1 N–H and O–H groups in total. The van der Waals surface area contributed by atoms with Gasteiger partial charge in [0.2, 0.25) is 0 Å². The van der Waals surface area contributed by atoms with E-state index in [0.29, 0.717) is 0 Å². The Kier molecular flexibility index (Phi) is 6.91. The molecule has 0 spiro atoms. The van der Waals surface area contributed by atoms with Gasteiger partial charge in [0.15, 0.2) is 0 Å². The SMILES string of the molecule is O=S(=O)(O)C(F)(F)C(F)OC(F)(F)F.[H-].[K+]. The van der Waals surface area contributed by atoms with Gasteiger partial charge >= 0.3 is 73.1 Å². The second kappa shape index (κ2) is 5.62. The zero-order valence-electron chi connectivity index (χ0n) is 7.93. The van der Waals surface area contributed by atoms with Crippen LogP contribution < -0.4 is 51.4 Å². The van der Waals surface area contributed by atoms with Crippen LogP contribution in [0.25, 0.3) is 0 Å². The number of alkyl halides is 6. The van der Waals surface area contributed by atoms with Gasteiger partial charge in [-0.25, -0.2) is 9.13 Å². The van der Waals surface area contributed by atoms with Crippen LogP contribution in [0, 0.1) is 0 Å². The van der Waals surface area contributed by atoms with Crippen molar-refractivity contribution in [1.29, 1.82) is 0 Å². The maximum Gasteiger partial charge on any atom is 1.00 e. The summed E-state index contributed by atoms with van der Waals surface area (Å²) in [6.45, 7) is 0. The summed E-state index contributed by atoms with van der Waals surface area (Å²) in [5.74, 6) is 0. The Labute approximate surface area is 124 Å². The van der Waals surface area contributed by atoms with E-state index in [1.807, 2.05) is 0 Å². The molecule has 1 atom stereocenters. The molecule has 0 radical (unpaired) electrons. The fourth-order valence-corrected chi connectivity index (χ4v) is 0.585. The van der Waals surface area contributed by atoms with Crippen LogP contribution in [0.5, 0.6) is 0 Å². The Balaban J connectivity index is -0.000000845. The first-order valence-corrected chi connectivity index (χ1v) is 4.05.